The molecule has 0 fully saturated rings. The van der Waals surface area contributed by atoms with E-state index in [-0.39, 0.29) is 17.9 Å². The second-order valence-electron chi connectivity index (χ2n) is 5.66. The number of fused-ring (bicyclic) bond motifs is 2. The van der Waals surface area contributed by atoms with Gasteiger partial charge in [-0.1, -0.05) is 18.2 Å². The van der Waals surface area contributed by atoms with Crippen LogP contribution in [0.3, 0.4) is 0 Å². The van der Waals surface area contributed by atoms with Crippen LogP contribution in [0.4, 0.5) is 0 Å². The molecule has 1 aromatic carbocycles. The summed E-state index contributed by atoms with van der Waals surface area (Å²) in [6.45, 7) is 1.81. The third-order valence-corrected chi connectivity index (χ3v) is 4.11. The summed E-state index contributed by atoms with van der Waals surface area (Å²) in [5, 5.41) is 1.32. The first-order valence-corrected chi connectivity index (χ1v) is 7.55. The van der Waals surface area contributed by atoms with Crippen LogP contribution in [0.5, 0.6) is 0 Å². The van der Waals surface area contributed by atoms with E-state index in [9.17, 15) is 9.59 Å². The Kier molecular flexibility index (Phi) is 3.23. The Morgan fingerprint density at radius 3 is 2.92 bits per heavy atom. The van der Waals surface area contributed by atoms with Crippen LogP contribution in [0.2, 0.25) is 0 Å². The minimum absolute atomic E-state index is 0.0488. The zero-order chi connectivity index (χ0) is 16.7. The van der Waals surface area contributed by atoms with Crippen molar-refractivity contribution in [2.45, 2.75) is 13.5 Å². The smallest absolute Gasteiger partial charge is 0.261 e. The van der Waals surface area contributed by atoms with E-state index in [1.165, 1.54) is 17.1 Å². The zero-order valence-corrected chi connectivity index (χ0v) is 13.0. The fourth-order valence-electron chi connectivity index (χ4n) is 2.99. The topological polar surface area (TPSA) is 80.6 Å². The van der Waals surface area contributed by atoms with Gasteiger partial charge in [-0.05, 0) is 19.1 Å². The van der Waals surface area contributed by atoms with Gasteiger partial charge in [-0.15, -0.1) is 0 Å². The fourth-order valence-corrected chi connectivity index (χ4v) is 2.99. The normalized spacial score (nSPS) is 11.2. The molecule has 0 aliphatic heterocycles. The highest BCUT2D eigenvalue weighted by Gasteiger charge is 2.17. The maximum absolute atomic E-state index is 12.8. The molecule has 0 saturated heterocycles. The van der Waals surface area contributed by atoms with Crippen LogP contribution in [0.1, 0.15) is 16.1 Å². The molecule has 0 unspecified atom stereocenters. The second kappa shape index (κ2) is 5.42. The Morgan fingerprint density at radius 2 is 2.04 bits per heavy atom. The standard InChI is InChI=1S/C18H14N4O2/c1-11-17(12-4-2-3-5-14(12)21-11)16(23)9-22-10-20-15-8-19-7-6-13(15)18(22)24/h2-8,10,21H,9H2,1H3. The van der Waals surface area contributed by atoms with Gasteiger partial charge in [0.05, 0.1) is 30.0 Å². The molecular formula is C18H14N4O2. The van der Waals surface area contributed by atoms with Crippen LogP contribution >= 0.6 is 0 Å². The summed E-state index contributed by atoms with van der Waals surface area (Å²) in [6, 6.07) is 9.25. The quantitative estimate of drug-likeness (QED) is 0.588. The highest BCUT2D eigenvalue weighted by atomic mass is 16.1. The summed E-state index contributed by atoms with van der Waals surface area (Å²) >= 11 is 0. The summed E-state index contributed by atoms with van der Waals surface area (Å²) in [5.74, 6) is -0.123. The molecule has 0 amide bonds. The highest BCUT2D eigenvalue weighted by Crippen LogP contribution is 2.22. The van der Waals surface area contributed by atoms with Crippen molar-refractivity contribution in [1.29, 1.82) is 0 Å². The number of pyridine rings is 1. The summed E-state index contributed by atoms with van der Waals surface area (Å²) in [5.41, 5.74) is 2.61. The minimum atomic E-state index is -0.242. The Morgan fingerprint density at radius 1 is 1.21 bits per heavy atom. The number of nitrogens with one attached hydrogen (secondary N) is 1. The molecule has 6 nitrogen and oxygen atoms in total. The number of nitrogens with zero attached hydrogens (tertiary/aromatic N) is 3. The molecule has 118 valence electrons. The van der Waals surface area contributed by atoms with E-state index in [1.54, 1.807) is 12.3 Å². The lowest BCUT2D eigenvalue weighted by Crippen LogP contribution is -2.25. The maximum Gasteiger partial charge on any atom is 0.261 e. The van der Waals surface area contributed by atoms with E-state index in [0.29, 0.717) is 16.5 Å². The minimum Gasteiger partial charge on any atom is -0.358 e. The third kappa shape index (κ3) is 2.20. The van der Waals surface area contributed by atoms with Crippen molar-refractivity contribution in [3.63, 3.8) is 0 Å². The van der Waals surface area contributed by atoms with E-state index in [4.69, 9.17) is 0 Å². The van der Waals surface area contributed by atoms with E-state index < -0.39 is 0 Å². The van der Waals surface area contributed by atoms with Gasteiger partial charge in [0.25, 0.3) is 5.56 Å². The Balaban J connectivity index is 1.78. The number of ketones is 1. The van der Waals surface area contributed by atoms with Gasteiger partial charge in [-0.2, -0.15) is 0 Å². The van der Waals surface area contributed by atoms with E-state index in [0.717, 1.165) is 16.6 Å². The predicted octanol–water partition coefficient (Wildman–Crippen LogP) is 2.46. The van der Waals surface area contributed by atoms with Crippen LogP contribution in [-0.4, -0.2) is 25.3 Å². The van der Waals surface area contributed by atoms with Crippen molar-refractivity contribution in [2.75, 3.05) is 0 Å². The number of carbonyl (C=O) groups excluding carboxylic acids is 1. The monoisotopic (exact) mass is 318 g/mol. The number of hydrogen-bond acceptors (Lipinski definition) is 4. The molecule has 0 atom stereocenters. The molecule has 1 N–H and O–H groups in total. The molecular weight excluding hydrogens is 304 g/mol. The van der Waals surface area contributed by atoms with Crippen molar-refractivity contribution in [3.8, 4) is 0 Å². The van der Waals surface area contributed by atoms with Gasteiger partial charge in [0, 0.05) is 28.4 Å². The third-order valence-electron chi connectivity index (χ3n) is 4.11. The van der Waals surface area contributed by atoms with Crippen LogP contribution in [0.25, 0.3) is 21.8 Å². The van der Waals surface area contributed by atoms with Gasteiger partial charge in [0.1, 0.15) is 0 Å². The Bertz CT molecular complexity index is 1140. The van der Waals surface area contributed by atoms with E-state index in [2.05, 4.69) is 15.0 Å². The first kappa shape index (κ1) is 14.3. The molecule has 3 heterocycles. The van der Waals surface area contributed by atoms with Crippen LogP contribution in [0, 0.1) is 6.92 Å². The number of para-hydroxylation sites is 1. The maximum atomic E-state index is 12.8. The molecule has 0 radical (unpaired) electrons. The molecule has 24 heavy (non-hydrogen) atoms. The molecule has 0 saturated carbocycles. The molecule has 4 aromatic rings. The number of rotatable bonds is 3. The largest absolute Gasteiger partial charge is 0.358 e. The molecule has 4 rings (SSSR count). The van der Waals surface area contributed by atoms with Gasteiger partial charge in [-0.25, -0.2) is 4.98 Å². The average Bonchev–Trinajstić information content (AvgIpc) is 2.93. The number of Topliss-reactive ketones (excluding diaryl/α,β-unsaturated/α-hetero) is 1. The van der Waals surface area contributed by atoms with Gasteiger partial charge in [0.2, 0.25) is 0 Å². The second-order valence-corrected chi connectivity index (χ2v) is 5.66. The van der Waals surface area contributed by atoms with E-state index in [1.807, 2.05) is 31.2 Å². The molecule has 0 aliphatic carbocycles. The first-order valence-electron chi connectivity index (χ1n) is 7.55. The average molecular weight is 318 g/mol. The fraction of sp³-hybridized carbons (Fsp3) is 0.111. The van der Waals surface area contributed by atoms with Crippen LogP contribution in [-0.2, 0) is 6.54 Å². The van der Waals surface area contributed by atoms with Gasteiger partial charge < -0.3 is 4.98 Å². The van der Waals surface area contributed by atoms with Gasteiger partial charge in [-0.3, -0.25) is 19.1 Å². The van der Waals surface area contributed by atoms with Crippen molar-refractivity contribution in [2.24, 2.45) is 0 Å². The van der Waals surface area contributed by atoms with Crippen LogP contribution in [0.15, 0.2) is 53.8 Å². The lowest BCUT2D eigenvalue weighted by atomic mass is 10.1. The van der Waals surface area contributed by atoms with Crippen molar-refractivity contribution < 1.29 is 4.79 Å². The Hall–Kier alpha value is -3.28. The summed E-state index contributed by atoms with van der Waals surface area (Å²) in [7, 11) is 0. The van der Waals surface area contributed by atoms with Crippen molar-refractivity contribution in [3.05, 3.63) is 70.7 Å². The number of aromatic nitrogens is 4. The summed E-state index contributed by atoms with van der Waals surface area (Å²) in [6.07, 6.45) is 4.47. The van der Waals surface area contributed by atoms with Gasteiger partial charge >= 0.3 is 0 Å². The predicted molar refractivity (Wildman–Crippen MR) is 91.2 cm³/mol. The zero-order valence-electron chi connectivity index (χ0n) is 13.0. The lowest BCUT2D eigenvalue weighted by Gasteiger charge is -2.06. The summed E-state index contributed by atoms with van der Waals surface area (Å²) < 4.78 is 1.34. The van der Waals surface area contributed by atoms with Gasteiger partial charge in [0.15, 0.2) is 5.78 Å². The highest BCUT2D eigenvalue weighted by molar-refractivity contribution is 6.09. The van der Waals surface area contributed by atoms with E-state index >= 15 is 0 Å². The van der Waals surface area contributed by atoms with Crippen molar-refractivity contribution >= 4 is 27.6 Å². The number of aromatic amines is 1. The molecule has 0 aliphatic rings. The molecule has 0 bridgehead atoms. The number of aryl methyl sites for hydroxylation is 1. The van der Waals surface area contributed by atoms with Crippen molar-refractivity contribution in [1.82, 2.24) is 19.5 Å². The SMILES string of the molecule is Cc1[nH]c2ccccc2c1C(=O)Cn1cnc2cnccc2c1=O. The number of carbonyl (C=O) groups is 1. The summed E-state index contributed by atoms with van der Waals surface area (Å²) in [4.78, 5) is 36.7. The molecule has 3 aromatic heterocycles. The Labute approximate surface area is 136 Å². The lowest BCUT2D eigenvalue weighted by molar-refractivity contribution is 0.0971. The molecule has 6 heteroatoms. The number of hydrogen-bond donors (Lipinski definition) is 1. The number of H-pyrrole nitrogens is 1. The molecule has 0 spiro atoms. The first-order chi connectivity index (χ1) is 11.6. The van der Waals surface area contributed by atoms with Crippen LogP contribution < -0.4 is 5.56 Å². The number of benzene rings is 1.